The third kappa shape index (κ3) is 2.99. The Labute approximate surface area is 150 Å². The first-order valence-corrected chi connectivity index (χ1v) is 8.26. The van der Waals surface area contributed by atoms with E-state index in [4.69, 9.17) is 23.2 Å². The lowest BCUT2D eigenvalue weighted by Crippen LogP contribution is -2.36. The van der Waals surface area contributed by atoms with Gasteiger partial charge < -0.3 is 10.2 Å². The van der Waals surface area contributed by atoms with Crippen molar-refractivity contribution in [1.82, 2.24) is 5.32 Å². The molecule has 0 fully saturated rings. The van der Waals surface area contributed by atoms with Gasteiger partial charge in [0.1, 0.15) is 6.04 Å². The second-order valence-corrected chi connectivity index (χ2v) is 6.65. The number of para-hydroxylation sites is 1. The zero-order chi connectivity index (χ0) is 17.4. The number of nitrogens with zero attached hydrogens (tertiary/aromatic N) is 1. The molecular weight excluding hydrogens is 347 g/mol. The van der Waals surface area contributed by atoms with Crippen LogP contribution in [0.25, 0.3) is 0 Å². The van der Waals surface area contributed by atoms with Gasteiger partial charge in [0, 0.05) is 22.5 Å². The number of rotatable bonds is 3. The molecule has 0 aromatic heterocycles. The molecule has 1 aliphatic rings. The van der Waals surface area contributed by atoms with Gasteiger partial charge in [-0.2, -0.15) is 0 Å². The quantitative estimate of drug-likeness (QED) is 0.895. The Kier molecular flexibility index (Phi) is 4.52. The average Bonchev–Trinajstić information content (AvgIpc) is 2.76. The van der Waals surface area contributed by atoms with Crippen molar-refractivity contribution in [2.75, 3.05) is 4.90 Å². The average molecular weight is 363 g/mol. The van der Waals surface area contributed by atoms with Crippen LogP contribution in [0.15, 0.2) is 36.4 Å². The maximum absolute atomic E-state index is 12.9. The van der Waals surface area contributed by atoms with Crippen LogP contribution in [-0.4, -0.2) is 11.8 Å². The van der Waals surface area contributed by atoms with E-state index >= 15 is 0 Å². The summed E-state index contributed by atoms with van der Waals surface area (Å²) < 4.78 is 0. The van der Waals surface area contributed by atoms with E-state index in [1.165, 1.54) is 6.92 Å². The standard InChI is InChI=1S/C18H16Cl2N2O2/c1-10-4-3-5-14-16(21-11(2)23)18(24)22(17(10)14)9-12-6-7-13(19)8-15(12)20/h3-8,16H,9H2,1-2H3,(H,21,23). The predicted octanol–water partition coefficient (Wildman–Crippen LogP) is 4.03. The SMILES string of the molecule is CC(=O)NC1C(=O)N(Cc2ccc(Cl)cc2Cl)c2c(C)cccc21. The minimum atomic E-state index is -0.663. The molecule has 2 aromatic carbocycles. The fraction of sp³-hybridized carbons (Fsp3) is 0.222. The lowest BCUT2D eigenvalue weighted by molar-refractivity contribution is -0.126. The summed E-state index contributed by atoms with van der Waals surface area (Å²) in [6, 6.07) is 10.2. The summed E-state index contributed by atoms with van der Waals surface area (Å²) >= 11 is 12.2. The van der Waals surface area contributed by atoms with Crippen LogP contribution in [0, 0.1) is 6.92 Å². The summed E-state index contributed by atoms with van der Waals surface area (Å²) in [6.45, 7) is 3.67. The Morgan fingerprint density at radius 3 is 2.67 bits per heavy atom. The molecule has 0 bridgehead atoms. The molecule has 124 valence electrons. The highest BCUT2D eigenvalue weighted by Gasteiger charge is 2.38. The van der Waals surface area contributed by atoms with Crippen molar-refractivity contribution in [3.05, 3.63) is 63.1 Å². The van der Waals surface area contributed by atoms with Gasteiger partial charge in [0.05, 0.1) is 12.2 Å². The summed E-state index contributed by atoms with van der Waals surface area (Å²) in [6.07, 6.45) is 0. The lowest BCUT2D eigenvalue weighted by Gasteiger charge is -2.20. The van der Waals surface area contributed by atoms with Crippen molar-refractivity contribution in [3.8, 4) is 0 Å². The maximum Gasteiger partial charge on any atom is 0.254 e. The molecule has 1 heterocycles. The summed E-state index contributed by atoms with van der Waals surface area (Å²) in [4.78, 5) is 26.0. The summed E-state index contributed by atoms with van der Waals surface area (Å²) in [7, 11) is 0. The van der Waals surface area contributed by atoms with Gasteiger partial charge in [-0.05, 0) is 30.2 Å². The Hall–Kier alpha value is -2.04. The monoisotopic (exact) mass is 362 g/mol. The van der Waals surface area contributed by atoms with E-state index in [0.717, 1.165) is 22.4 Å². The first-order chi connectivity index (χ1) is 11.4. The van der Waals surface area contributed by atoms with Crippen LogP contribution in [0.5, 0.6) is 0 Å². The van der Waals surface area contributed by atoms with Gasteiger partial charge in [-0.3, -0.25) is 9.59 Å². The smallest absolute Gasteiger partial charge is 0.254 e. The molecule has 4 nitrogen and oxygen atoms in total. The molecule has 0 saturated heterocycles. The predicted molar refractivity (Wildman–Crippen MR) is 95.4 cm³/mol. The van der Waals surface area contributed by atoms with Gasteiger partial charge in [-0.25, -0.2) is 0 Å². The number of fused-ring (bicyclic) bond motifs is 1. The fourth-order valence-corrected chi connectivity index (χ4v) is 3.47. The molecular formula is C18H16Cl2N2O2. The van der Waals surface area contributed by atoms with Gasteiger partial charge in [-0.1, -0.05) is 47.5 Å². The van der Waals surface area contributed by atoms with Crippen molar-refractivity contribution < 1.29 is 9.59 Å². The molecule has 24 heavy (non-hydrogen) atoms. The van der Waals surface area contributed by atoms with Gasteiger partial charge in [-0.15, -0.1) is 0 Å². The van der Waals surface area contributed by atoms with E-state index in [1.807, 2.05) is 31.2 Å². The molecule has 1 atom stereocenters. The van der Waals surface area contributed by atoms with E-state index in [1.54, 1.807) is 17.0 Å². The number of carbonyl (C=O) groups is 2. The number of aryl methyl sites for hydroxylation is 1. The number of amides is 2. The molecule has 0 aliphatic carbocycles. The Bertz CT molecular complexity index is 836. The van der Waals surface area contributed by atoms with E-state index in [9.17, 15) is 9.59 Å². The fourth-order valence-electron chi connectivity index (χ4n) is 3.00. The minimum Gasteiger partial charge on any atom is -0.341 e. The Balaban J connectivity index is 2.02. The number of halogens is 2. The largest absolute Gasteiger partial charge is 0.341 e. The zero-order valence-corrected chi connectivity index (χ0v) is 14.8. The summed E-state index contributed by atoms with van der Waals surface area (Å²) in [5.41, 5.74) is 3.40. The number of anilines is 1. The van der Waals surface area contributed by atoms with Crippen LogP contribution in [0.2, 0.25) is 10.0 Å². The summed E-state index contributed by atoms with van der Waals surface area (Å²) in [5.74, 6) is -0.410. The summed E-state index contributed by atoms with van der Waals surface area (Å²) in [5, 5.41) is 3.78. The first kappa shape index (κ1) is 16.8. The second-order valence-electron chi connectivity index (χ2n) is 5.81. The topological polar surface area (TPSA) is 49.4 Å². The third-order valence-corrected chi connectivity index (χ3v) is 4.64. The van der Waals surface area contributed by atoms with Crippen molar-refractivity contribution in [1.29, 1.82) is 0 Å². The van der Waals surface area contributed by atoms with Crippen LogP contribution < -0.4 is 10.2 Å². The number of nitrogens with one attached hydrogen (secondary N) is 1. The number of benzene rings is 2. The lowest BCUT2D eigenvalue weighted by atomic mass is 10.1. The van der Waals surface area contributed by atoms with E-state index < -0.39 is 6.04 Å². The number of hydrogen-bond donors (Lipinski definition) is 1. The molecule has 0 saturated carbocycles. The van der Waals surface area contributed by atoms with Gasteiger partial charge >= 0.3 is 0 Å². The third-order valence-electron chi connectivity index (χ3n) is 4.05. The van der Waals surface area contributed by atoms with Crippen molar-refractivity contribution in [2.45, 2.75) is 26.4 Å². The molecule has 0 spiro atoms. The van der Waals surface area contributed by atoms with Gasteiger partial charge in [0.25, 0.3) is 5.91 Å². The van der Waals surface area contributed by atoms with Crippen LogP contribution >= 0.6 is 23.2 Å². The van der Waals surface area contributed by atoms with Crippen LogP contribution in [0.4, 0.5) is 5.69 Å². The van der Waals surface area contributed by atoms with Crippen molar-refractivity contribution >= 4 is 40.7 Å². The molecule has 2 amide bonds. The zero-order valence-electron chi connectivity index (χ0n) is 13.3. The highest BCUT2D eigenvalue weighted by atomic mass is 35.5. The minimum absolute atomic E-state index is 0.166. The Morgan fingerprint density at radius 1 is 1.25 bits per heavy atom. The highest BCUT2D eigenvalue weighted by Crippen LogP contribution is 2.40. The first-order valence-electron chi connectivity index (χ1n) is 7.50. The van der Waals surface area contributed by atoms with Gasteiger partial charge in [0.15, 0.2) is 0 Å². The van der Waals surface area contributed by atoms with Crippen LogP contribution in [-0.2, 0) is 16.1 Å². The second kappa shape index (κ2) is 6.46. The van der Waals surface area contributed by atoms with Gasteiger partial charge in [0.2, 0.25) is 5.91 Å². The molecule has 6 heteroatoms. The molecule has 0 radical (unpaired) electrons. The van der Waals surface area contributed by atoms with Crippen LogP contribution in [0.3, 0.4) is 0 Å². The molecule has 2 aromatic rings. The maximum atomic E-state index is 12.9. The van der Waals surface area contributed by atoms with E-state index in [0.29, 0.717) is 16.6 Å². The van der Waals surface area contributed by atoms with Crippen LogP contribution in [0.1, 0.15) is 29.7 Å². The highest BCUT2D eigenvalue weighted by molar-refractivity contribution is 6.35. The number of carbonyl (C=O) groups excluding carboxylic acids is 2. The van der Waals surface area contributed by atoms with Crippen molar-refractivity contribution in [3.63, 3.8) is 0 Å². The normalized spacial score (nSPS) is 16.2. The molecule has 1 unspecified atom stereocenters. The molecule has 3 rings (SSSR count). The van der Waals surface area contributed by atoms with Crippen molar-refractivity contribution in [2.24, 2.45) is 0 Å². The molecule has 1 N–H and O–H groups in total. The van der Waals surface area contributed by atoms with E-state index in [-0.39, 0.29) is 11.8 Å². The van der Waals surface area contributed by atoms with E-state index in [2.05, 4.69) is 5.32 Å². The Morgan fingerprint density at radius 2 is 2.00 bits per heavy atom. The number of hydrogen-bond acceptors (Lipinski definition) is 2. The molecule has 1 aliphatic heterocycles.